The molecule has 0 aliphatic heterocycles. The van der Waals surface area contributed by atoms with E-state index in [9.17, 15) is 4.57 Å². The number of benzene rings is 1. The van der Waals surface area contributed by atoms with E-state index in [-0.39, 0.29) is 13.2 Å². The van der Waals surface area contributed by atoms with Gasteiger partial charge in [-0.2, -0.15) is 0 Å². The van der Waals surface area contributed by atoms with Crippen molar-refractivity contribution in [3.05, 3.63) is 46.3 Å². The number of nitrogens with zero attached hydrogens (tertiary/aromatic N) is 3. The van der Waals surface area contributed by atoms with Crippen molar-refractivity contribution in [2.45, 2.75) is 19.6 Å². The predicted molar refractivity (Wildman–Crippen MR) is 69.2 cm³/mol. The molecule has 0 unspecified atom stereocenters. The van der Waals surface area contributed by atoms with Crippen LogP contribution in [-0.4, -0.2) is 13.2 Å². The van der Waals surface area contributed by atoms with Gasteiger partial charge in [-0.25, -0.2) is 0 Å². The summed E-state index contributed by atoms with van der Waals surface area (Å²) in [5, 5.41) is 3.57. The first kappa shape index (κ1) is 14.7. The lowest BCUT2D eigenvalue weighted by atomic mass is 10.2. The van der Waals surface area contributed by atoms with Crippen molar-refractivity contribution in [2.75, 3.05) is 13.2 Å². The van der Waals surface area contributed by atoms with Crippen molar-refractivity contribution in [3.63, 3.8) is 0 Å². The van der Waals surface area contributed by atoms with Crippen molar-refractivity contribution in [1.82, 2.24) is 0 Å². The second-order valence-corrected chi connectivity index (χ2v) is 5.45. The summed E-state index contributed by atoms with van der Waals surface area (Å²) in [5.74, 6) is -0.955. The van der Waals surface area contributed by atoms with Gasteiger partial charge in [0, 0.05) is 4.91 Å². The molecule has 1 aromatic rings. The minimum atomic E-state index is -3.49. The lowest BCUT2D eigenvalue weighted by Crippen LogP contribution is -2.04. The summed E-state index contributed by atoms with van der Waals surface area (Å²) >= 11 is 0. The summed E-state index contributed by atoms with van der Waals surface area (Å²) in [5.41, 5.74) is 9.24. The van der Waals surface area contributed by atoms with Crippen LogP contribution in [0.25, 0.3) is 10.4 Å². The molecule has 0 aliphatic rings. The molecule has 0 N–H and O–H groups in total. The van der Waals surface area contributed by atoms with Gasteiger partial charge in [0.2, 0.25) is 0 Å². The number of azide groups is 1. The molecule has 0 spiro atoms. The first-order valence-electron chi connectivity index (χ1n) is 5.66. The maximum Gasteiger partial charge on any atom is 0.344 e. The van der Waals surface area contributed by atoms with Gasteiger partial charge in [0.05, 0.1) is 13.2 Å². The van der Waals surface area contributed by atoms with E-state index < -0.39 is 13.4 Å². The molecule has 0 amide bonds. The molecule has 7 heteroatoms. The normalized spacial score (nSPS) is 12.8. The molecule has 1 aromatic carbocycles. The molecule has 0 saturated heterocycles. The smallest absolute Gasteiger partial charge is 0.308 e. The monoisotopic (exact) mass is 269 g/mol. The quantitative estimate of drug-likeness (QED) is 0.321. The Morgan fingerprint density at radius 2 is 1.83 bits per heavy atom. The summed E-state index contributed by atoms with van der Waals surface area (Å²) in [6.07, 6.45) is 0. The summed E-state index contributed by atoms with van der Waals surface area (Å²) in [6.45, 7) is 3.87. The summed E-state index contributed by atoms with van der Waals surface area (Å²) < 4.78 is 23.0. The molecule has 0 aliphatic carbocycles. The highest BCUT2D eigenvalue weighted by Crippen LogP contribution is 2.61. The van der Waals surface area contributed by atoms with E-state index in [4.69, 9.17) is 14.6 Å². The van der Waals surface area contributed by atoms with E-state index in [1.54, 1.807) is 38.1 Å². The fourth-order valence-electron chi connectivity index (χ4n) is 1.52. The van der Waals surface area contributed by atoms with Gasteiger partial charge in [-0.1, -0.05) is 35.4 Å². The first-order chi connectivity index (χ1) is 8.68. The molecule has 0 aromatic heterocycles. The summed E-state index contributed by atoms with van der Waals surface area (Å²) in [7, 11) is -3.49. The van der Waals surface area contributed by atoms with E-state index in [2.05, 4.69) is 10.0 Å². The third-order valence-corrected chi connectivity index (χ3v) is 4.41. The fraction of sp³-hybridized carbons (Fsp3) is 0.455. The van der Waals surface area contributed by atoms with E-state index in [1.807, 2.05) is 6.07 Å². The fourth-order valence-corrected chi connectivity index (χ4v) is 3.31. The maximum atomic E-state index is 12.6. The molecular weight excluding hydrogens is 253 g/mol. The second kappa shape index (κ2) is 7.19. The van der Waals surface area contributed by atoms with Gasteiger partial charge < -0.3 is 9.05 Å². The minimum Gasteiger partial charge on any atom is -0.308 e. The van der Waals surface area contributed by atoms with E-state index >= 15 is 0 Å². The first-order valence-corrected chi connectivity index (χ1v) is 7.27. The summed E-state index contributed by atoms with van der Waals surface area (Å²) in [4.78, 5) is 2.74. The predicted octanol–water partition coefficient (Wildman–Crippen LogP) is 4.26. The van der Waals surface area contributed by atoms with Crippen molar-refractivity contribution >= 4 is 7.60 Å². The molecule has 1 rings (SSSR count). The van der Waals surface area contributed by atoms with Gasteiger partial charge in [-0.15, -0.1) is 0 Å². The average Bonchev–Trinajstić information content (AvgIpc) is 2.37. The molecule has 0 heterocycles. The van der Waals surface area contributed by atoms with E-state index in [0.29, 0.717) is 5.56 Å². The highest BCUT2D eigenvalue weighted by atomic mass is 31.2. The standard InChI is InChI=1S/C11H16N3O3P/c1-3-16-18(15,17-4-2)11(13-14-12)10-8-6-5-7-9-10/h5-9,11H,3-4H2,1-2H3/t11-/m0/s1. The zero-order chi connectivity index (χ0) is 13.4. The van der Waals surface area contributed by atoms with Crippen LogP contribution < -0.4 is 0 Å². The third-order valence-electron chi connectivity index (χ3n) is 2.18. The van der Waals surface area contributed by atoms with Crippen molar-refractivity contribution in [1.29, 1.82) is 0 Å². The van der Waals surface area contributed by atoms with E-state index in [0.717, 1.165) is 0 Å². The maximum absolute atomic E-state index is 12.6. The second-order valence-electron chi connectivity index (χ2n) is 3.36. The van der Waals surface area contributed by atoms with Crippen molar-refractivity contribution in [2.24, 2.45) is 5.11 Å². The van der Waals surface area contributed by atoms with Crippen LogP contribution in [0.5, 0.6) is 0 Å². The Balaban J connectivity index is 3.17. The molecule has 6 nitrogen and oxygen atoms in total. The van der Waals surface area contributed by atoms with Gasteiger partial charge in [0.15, 0.2) is 5.78 Å². The Hall–Kier alpha value is -1.32. The van der Waals surface area contributed by atoms with E-state index in [1.165, 1.54) is 0 Å². The van der Waals surface area contributed by atoms with Crippen molar-refractivity contribution in [3.8, 4) is 0 Å². The van der Waals surface area contributed by atoms with Gasteiger partial charge in [0.25, 0.3) is 0 Å². The Morgan fingerprint density at radius 3 is 2.28 bits per heavy atom. The van der Waals surface area contributed by atoms with Crippen LogP contribution >= 0.6 is 7.60 Å². The zero-order valence-electron chi connectivity index (χ0n) is 10.4. The van der Waals surface area contributed by atoms with Crippen LogP contribution in [-0.2, 0) is 13.6 Å². The Kier molecular flexibility index (Phi) is 5.89. The van der Waals surface area contributed by atoms with Crippen molar-refractivity contribution < 1.29 is 13.6 Å². The zero-order valence-corrected chi connectivity index (χ0v) is 11.3. The lowest BCUT2D eigenvalue weighted by Gasteiger charge is -2.23. The van der Waals surface area contributed by atoms with Gasteiger partial charge in [-0.05, 0) is 24.9 Å². The highest BCUT2D eigenvalue weighted by molar-refractivity contribution is 7.54. The van der Waals surface area contributed by atoms with Crippen LogP contribution in [0.15, 0.2) is 35.4 Å². The van der Waals surface area contributed by atoms with Crippen LogP contribution in [0.4, 0.5) is 0 Å². The Bertz CT molecular complexity index is 450. The number of hydrogen-bond acceptors (Lipinski definition) is 4. The molecular formula is C11H16N3O3P. The van der Waals surface area contributed by atoms with Crippen LogP contribution in [0.1, 0.15) is 25.2 Å². The van der Waals surface area contributed by atoms with Crippen LogP contribution in [0.3, 0.4) is 0 Å². The number of rotatable bonds is 7. The Labute approximate surface area is 106 Å². The molecule has 0 radical (unpaired) electrons. The third kappa shape index (κ3) is 3.59. The molecule has 0 bridgehead atoms. The topological polar surface area (TPSA) is 84.3 Å². The summed E-state index contributed by atoms with van der Waals surface area (Å²) in [6, 6.07) is 8.83. The largest absolute Gasteiger partial charge is 0.344 e. The van der Waals surface area contributed by atoms with Gasteiger partial charge in [0.1, 0.15) is 0 Å². The molecule has 0 saturated carbocycles. The molecule has 18 heavy (non-hydrogen) atoms. The lowest BCUT2D eigenvalue weighted by molar-refractivity contribution is 0.212. The minimum absolute atomic E-state index is 0.224. The van der Waals surface area contributed by atoms with Crippen LogP contribution in [0, 0.1) is 0 Å². The average molecular weight is 269 g/mol. The van der Waals surface area contributed by atoms with Gasteiger partial charge in [-0.3, -0.25) is 4.57 Å². The highest BCUT2D eigenvalue weighted by Gasteiger charge is 2.36. The van der Waals surface area contributed by atoms with Crippen LogP contribution in [0.2, 0.25) is 0 Å². The number of hydrogen-bond donors (Lipinski definition) is 0. The SMILES string of the molecule is CCOP(=O)(OCC)[C@H](N=[N+]=[N-])c1ccccc1. The molecule has 98 valence electrons. The van der Waals surface area contributed by atoms with Gasteiger partial charge >= 0.3 is 7.60 Å². The Morgan fingerprint density at radius 1 is 1.28 bits per heavy atom. The molecule has 0 fully saturated rings. The molecule has 1 atom stereocenters.